The Morgan fingerprint density at radius 3 is 2.33 bits per heavy atom. The van der Waals surface area contributed by atoms with Crippen molar-refractivity contribution >= 4 is 27.7 Å². The minimum absolute atomic E-state index is 0.849. The molecule has 0 aliphatic carbocycles. The molecule has 0 aliphatic rings. The Morgan fingerprint density at radius 2 is 1.83 bits per heavy atom. The summed E-state index contributed by atoms with van der Waals surface area (Å²) < 4.78 is 0. The fourth-order valence-electron chi connectivity index (χ4n) is 0.934. The monoisotopic (exact) mass is 252 g/mol. The van der Waals surface area contributed by atoms with Gasteiger partial charge in [0.05, 0.1) is 0 Å². The van der Waals surface area contributed by atoms with Crippen LogP contribution in [-0.2, 0) is 0 Å². The average Bonchev–Trinajstić information content (AvgIpc) is 1.98. The lowest BCUT2D eigenvalue weighted by Gasteiger charge is -2.09. The van der Waals surface area contributed by atoms with E-state index in [0.717, 1.165) is 17.2 Å². The summed E-state index contributed by atoms with van der Waals surface area (Å²) in [6, 6.07) is 0. The SMILES string of the molecule is CC(C)CSCCC(C)CCBr. The molecule has 0 aromatic carbocycles. The molecule has 0 rings (SSSR count). The molecule has 12 heavy (non-hydrogen) atoms. The Hall–Kier alpha value is 0.830. The zero-order valence-corrected chi connectivity index (χ0v) is 10.9. The maximum atomic E-state index is 3.48. The van der Waals surface area contributed by atoms with Gasteiger partial charge in [-0.05, 0) is 36.2 Å². The molecular weight excluding hydrogens is 232 g/mol. The molecule has 0 N–H and O–H groups in total. The molecule has 0 saturated carbocycles. The van der Waals surface area contributed by atoms with Crippen LogP contribution < -0.4 is 0 Å². The Morgan fingerprint density at radius 1 is 1.17 bits per heavy atom. The number of hydrogen-bond acceptors (Lipinski definition) is 1. The zero-order chi connectivity index (χ0) is 9.40. The minimum atomic E-state index is 0.849. The van der Waals surface area contributed by atoms with Gasteiger partial charge in [-0.3, -0.25) is 0 Å². The summed E-state index contributed by atoms with van der Waals surface area (Å²) in [5.74, 6) is 4.40. The fraction of sp³-hybridized carbons (Fsp3) is 1.00. The molecule has 0 bridgehead atoms. The number of rotatable bonds is 7. The number of thioether (sulfide) groups is 1. The van der Waals surface area contributed by atoms with E-state index in [4.69, 9.17) is 0 Å². The topological polar surface area (TPSA) is 0 Å². The summed E-state index contributed by atoms with van der Waals surface area (Å²) in [4.78, 5) is 0. The van der Waals surface area contributed by atoms with E-state index in [1.54, 1.807) is 0 Å². The van der Waals surface area contributed by atoms with Gasteiger partial charge in [0.25, 0.3) is 0 Å². The van der Waals surface area contributed by atoms with Gasteiger partial charge in [0.1, 0.15) is 0 Å². The van der Waals surface area contributed by atoms with E-state index in [1.807, 2.05) is 0 Å². The molecule has 0 fully saturated rings. The van der Waals surface area contributed by atoms with Crippen molar-refractivity contribution in [3.63, 3.8) is 0 Å². The second kappa shape index (κ2) is 8.43. The Labute approximate surface area is 90.0 Å². The lowest BCUT2D eigenvalue weighted by Crippen LogP contribution is -1.99. The molecule has 0 heterocycles. The van der Waals surface area contributed by atoms with E-state index in [9.17, 15) is 0 Å². The average molecular weight is 253 g/mol. The van der Waals surface area contributed by atoms with Crippen LogP contribution in [0.2, 0.25) is 0 Å². The zero-order valence-electron chi connectivity index (χ0n) is 8.48. The molecule has 0 spiro atoms. The third kappa shape index (κ3) is 8.92. The van der Waals surface area contributed by atoms with Crippen molar-refractivity contribution in [3.8, 4) is 0 Å². The van der Waals surface area contributed by atoms with Crippen molar-refractivity contribution in [1.82, 2.24) is 0 Å². The van der Waals surface area contributed by atoms with Crippen LogP contribution in [0, 0.1) is 11.8 Å². The molecule has 74 valence electrons. The van der Waals surface area contributed by atoms with Gasteiger partial charge in [0.15, 0.2) is 0 Å². The molecule has 0 nitrogen and oxygen atoms in total. The van der Waals surface area contributed by atoms with Crippen LogP contribution in [0.25, 0.3) is 0 Å². The summed E-state index contributed by atoms with van der Waals surface area (Å²) in [6.07, 6.45) is 2.70. The van der Waals surface area contributed by atoms with E-state index < -0.39 is 0 Å². The highest BCUT2D eigenvalue weighted by Crippen LogP contribution is 2.15. The standard InChI is InChI=1S/C10H21BrS/c1-9(2)8-12-7-5-10(3)4-6-11/h9-10H,4-8H2,1-3H3. The maximum Gasteiger partial charge on any atom is 0.00338 e. The van der Waals surface area contributed by atoms with Gasteiger partial charge in [-0.2, -0.15) is 11.8 Å². The van der Waals surface area contributed by atoms with Crippen LogP contribution in [0.4, 0.5) is 0 Å². The summed E-state index contributed by atoms with van der Waals surface area (Å²) in [5, 5.41) is 1.16. The second-order valence-electron chi connectivity index (χ2n) is 3.84. The summed E-state index contributed by atoms with van der Waals surface area (Å²) in [5.41, 5.74) is 0. The summed E-state index contributed by atoms with van der Waals surface area (Å²) >= 11 is 5.58. The third-order valence-electron chi connectivity index (χ3n) is 1.81. The molecule has 1 unspecified atom stereocenters. The van der Waals surface area contributed by atoms with Crippen LogP contribution >= 0.6 is 27.7 Å². The normalized spacial score (nSPS) is 13.8. The predicted molar refractivity (Wildman–Crippen MR) is 64.4 cm³/mol. The van der Waals surface area contributed by atoms with Crippen LogP contribution in [0.15, 0.2) is 0 Å². The van der Waals surface area contributed by atoms with Crippen molar-refractivity contribution in [3.05, 3.63) is 0 Å². The highest BCUT2D eigenvalue weighted by atomic mass is 79.9. The number of halogens is 1. The van der Waals surface area contributed by atoms with Gasteiger partial charge in [-0.25, -0.2) is 0 Å². The van der Waals surface area contributed by atoms with Crippen LogP contribution in [-0.4, -0.2) is 16.8 Å². The van der Waals surface area contributed by atoms with Crippen LogP contribution in [0.5, 0.6) is 0 Å². The molecule has 2 heteroatoms. The van der Waals surface area contributed by atoms with Gasteiger partial charge >= 0.3 is 0 Å². The molecule has 0 aliphatic heterocycles. The predicted octanol–water partition coefficient (Wildman–Crippen LogP) is 4.19. The Balaban J connectivity index is 3.08. The highest BCUT2D eigenvalue weighted by molar-refractivity contribution is 9.09. The quantitative estimate of drug-likeness (QED) is 0.484. The van der Waals surface area contributed by atoms with Crippen molar-refractivity contribution < 1.29 is 0 Å². The van der Waals surface area contributed by atoms with E-state index in [1.165, 1.54) is 24.3 Å². The van der Waals surface area contributed by atoms with Gasteiger partial charge in [0, 0.05) is 5.33 Å². The maximum absolute atomic E-state index is 3.48. The summed E-state index contributed by atoms with van der Waals surface area (Å²) in [7, 11) is 0. The van der Waals surface area contributed by atoms with Crippen molar-refractivity contribution in [2.45, 2.75) is 33.6 Å². The van der Waals surface area contributed by atoms with Crippen molar-refractivity contribution in [2.24, 2.45) is 11.8 Å². The van der Waals surface area contributed by atoms with Gasteiger partial charge < -0.3 is 0 Å². The van der Waals surface area contributed by atoms with E-state index in [-0.39, 0.29) is 0 Å². The first-order valence-electron chi connectivity index (χ1n) is 4.80. The second-order valence-corrected chi connectivity index (χ2v) is 5.78. The molecule has 1 atom stereocenters. The van der Waals surface area contributed by atoms with Gasteiger partial charge in [0.2, 0.25) is 0 Å². The largest absolute Gasteiger partial charge is 0.162 e. The van der Waals surface area contributed by atoms with Crippen LogP contribution in [0.1, 0.15) is 33.6 Å². The van der Waals surface area contributed by atoms with E-state index in [0.29, 0.717) is 0 Å². The van der Waals surface area contributed by atoms with E-state index >= 15 is 0 Å². The van der Waals surface area contributed by atoms with Gasteiger partial charge in [-0.15, -0.1) is 0 Å². The Kier molecular flexibility index (Phi) is 9.01. The first-order chi connectivity index (χ1) is 5.66. The molecule has 0 aromatic heterocycles. The smallest absolute Gasteiger partial charge is 0.00338 e. The van der Waals surface area contributed by atoms with E-state index in [2.05, 4.69) is 48.5 Å². The molecule has 0 amide bonds. The van der Waals surface area contributed by atoms with Crippen molar-refractivity contribution in [1.29, 1.82) is 0 Å². The molecular formula is C10H21BrS. The first kappa shape index (κ1) is 12.8. The van der Waals surface area contributed by atoms with Crippen LogP contribution in [0.3, 0.4) is 0 Å². The summed E-state index contributed by atoms with van der Waals surface area (Å²) in [6.45, 7) is 6.92. The number of alkyl halides is 1. The minimum Gasteiger partial charge on any atom is -0.162 e. The molecule has 0 saturated heterocycles. The van der Waals surface area contributed by atoms with Crippen molar-refractivity contribution in [2.75, 3.05) is 16.8 Å². The Bertz CT molecular complexity index is 93.8. The molecule has 0 radical (unpaired) electrons. The number of hydrogen-bond donors (Lipinski definition) is 0. The first-order valence-corrected chi connectivity index (χ1v) is 7.08. The molecule has 0 aromatic rings. The highest BCUT2D eigenvalue weighted by Gasteiger charge is 2.01. The fourth-order valence-corrected chi connectivity index (χ4v) is 2.92. The third-order valence-corrected chi connectivity index (χ3v) is 3.69. The lowest BCUT2D eigenvalue weighted by molar-refractivity contribution is 0.554. The van der Waals surface area contributed by atoms with Gasteiger partial charge in [-0.1, -0.05) is 36.7 Å². The lowest BCUT2D eigenvalue weighted by atomic mass is 10.1.